The van der Waals surface area contributed by atoms with Crippen molar-refractivity contribution in [3.63, 3.8) is 0 Å². The van der Waals surface area contributed by atoms with Crippen LogP contribution in [0.2, 0.25) is 0 Å². The van der Waals surface area contributed by atoms with E-state index in [0.717, 1.165) is 0 Å². The number of nitrogens with zero attached hydrogens (tertiary/aromatic N) is 1. The molecule has 1 aromatic carbocycles. The van der Waals surface area contributed by atoms with Crippen molar-refractivity contribution in [3.05, 3.63) is 58.5 Å². The van der Waals surface area contributed by atoms with Gasteiger partial charge in [0, 0.05) is 17.8 Å². The highest BCUT2D eigenvalue weighted by Crippen LogP contribution is 2.15. The Hall–Kier alpha value is -3.20. The summed E-state index contributed by atoms with van der Waals surface area (Å²) in [5, 5.41) is 24.9. The minimum absolute atomic E-state index is 0.100. The number of nitro benzene ring substituents is 1. The van der Waals surface area contributed by atoms with Gasteiger partial charge in [-0.25, -0.2) is 0 Å². The van der Waals surface area contributed by atoms with E-state index in [1.165, 1.54) is 30.5 Å². The molecule has 3 N–H and O–H groups in total. The Morgan fingerprint density at radius 2 is 1.96 bits per heavy atom. The minimum Gasteiger partial charge on any atom is -0.480 e. The molecule has 0 saturated carbocycles. The number of benzene rings is 1. The van der Waals surface area contributed by atoms with Gasteiger partial charge in [0.15, 0.2) is 0 Å². The highest BCUT2D eigenvalue weighted by Gasteiger charge is 2.21. The van der Waals surface area contributed by atoms with E-state index in [9.17, 15) is 19.7 Å². The van der Waals surface area contributed by atoms with Crippen LogP contribution in [0.4, 0.5) is 11.4 Å². The largest absolute Gasteiger partial charge is 0.480 e. The Balaban J connectivity index is 1.90. The summed E-state index contributed by atoms with van der Waals surface area (Å²) in [6.45, 7) is 0.175. The summed E-state index contributed by atoms with van der Waals surface area (Å²) in [6.07, 6.45) is 1.17. The molecular weight excluding hydrogens is 318 g/mol. The number of carbonyl (C=O) groups is 2. The molecule has 2 rings (SSSR count). The molecule has 0 aliphatic rings. The number of carboxylic acid groups (broad SMARTS) is 1. The van der Waals surface area contributed by atoms with Crippen molar-refractivity contribution in [2.75, 3.05) is 5.32 Å². The van der Waals surface area contributed by atoms with Crippen LogP contribution in [0.5, 0.6) is 0 Å². The zero-order valence-corrected chi connectivity index (χ0v) is 12.5. The molecule has 0 saturated heterocycles. The summed E-state index contributed by atoms with van der Waals surface area (Å²) in [6, 6.07) is 7.52. The fraction of sp³-hybridized carbons (Fsp3) is 0.200. The van der Waals surface area contributed by atoms with Crippen LogP contribution in [-0.2, 0) is 16.1 Å². The average Bonchev–Trinajstić information content (AvgIpc) is 3.05. The Labute approximate surface area is 136 Å². The predicted molar refractivity (Wildman–Crippen MR) is 83.3 cm³/mol. The summed E-state index contributed by atoms with van der Waals surface area (Å²) in [5.41, 5.74) is 0.247. The van der Waals surface area contributed by atoms with Crippen LogP contribution in [0.1, 0.15) is 12.2 Å². The quantitative estimate of drug-likeness (QED) is 0.495. The number of hydrogen-bond acceptors (Lipinski definition) is 6. The second-order valence-corrected chi connectivity index (χ2v) is 4.91. The summed E-state index contributed by atoms with van der Waals surface area (Å²) in [4.78, 5) is 33.2. The Morgan fingerprint density at radius 1 is 1.25 bits per heavy atom. The van der Waals surface area contributed by atoms with Gasteiger partial charge in [-0.05, 0) is 24.3 Å². The number of amides is 1. The highest BCUT2D eigenvalue weighted by molar-refractivity contribution is 5.94. The SMILES string of the molecule is O=C(CC(NCc1ccco1)C(=O)O)Nc1ccc([N+](=O)[O-])cc1. The molecule has 126 valence electrons. The highest BCUT2D eigenvalue weighted by atomic mass is 16.6. The molecule has 0 fully saturated rings. The molecule has 9 nitrogen and oxygen atoms in total. The first kappa shape index (κ1) is 17.2. The maximum atomic E-state index is 11.9. The molecule has 2 aromatic rings. The molecule has 9 heteroatoms. The van der Waals surface area contributed by atoms with E-state index in [-0.39, 0.29) is 18.7 Å². The van der Waals surface area contributed by atoms with Crippen LogP contribution in [0.15, 0.2) is 47.1 Å². The van der Waals surface area contributed by atoms with Gasteiger partial charge >= 0.3 is 5.97 Å². The second-order valence-electron chi connectivity index (χ2n) is 4.91. The van der Waals surface area contributed by atoms with Crippen molar-refractivity contribution in [3.8, 4) is 0 Å². The lowest BCUT2D eigenvalue weighted by molar-refractivity contribution is -0.384. The third-order valence-corrected chi connectivity index (χ3v) is 3.15. The average molecular weight is 333 g/mol. The predicted octanol–water partition coefficient (Wildman–Crippen LogP) is 1.76. The molecule has 0 radical (unpaired) electrons. The van der Waals surface area contributed by atoms with Crippen LogP contribution >= 0.6 is 0 Å². The molecule has 1 heterocycles. The summed E-state index contributed by atoms with van der Waals surface area (Å²) in [7, 11) is 0. The van der Waals surface area contributed by atoms with Crippen LogP contribution < -0.4 is 10.6 Å². The van der Waals surface area contributed by atoms with Gasteiger partial charge in [-0.1, -0.05) is 0 Å². The monoisotopic (exact) mass is 333 g/mol. The molecule has 1 unspecified atom stereocenters. The number of carbonyl (C=O) groups excluding carboxylic acids is 1. The normalized spacial score (nSPS) is 11.7. The fourth-order valence-corrected chi connectivity index (χ4v) is 1.95. The third kappa shape index (κ3) is 4.92. The van der Waals surface area contributed by atoms with E-state index < -0.39 is 22.8 Å². The van der Waals surface area contributed by atoms with E-state index in [1.807, 2.05) is 0 Å². The van der Waals surface area contributed by atoms with Crippen LogP contribution in [0.3, 0.4) is 0 Å². The Morgan fingerprint density at radius 3 is 2.50 bits per heavy atom. The van der Waals surface area contributed by atoms with Crippen molar-refractivity contribution in [1.29, 1.82) is 0 Å². The number of non-ortho nitro benzene ring substituents is 1. The molecular formula is C15H15N3O6. The number of anilines is 1. The third-order valence-electron chi connectivity index (χ3n) is 3.15. The number of hydrogen-bond donors (Lipinski definition) is 3. The van der Waals surface area contributed by atoms with Gasteiger partial charge in [-0.2, -0.15) is 0 Å². The Kier molecular flexibility index (Phi) is 5.63. The van der Waals surface area contributed by atoms with Crippen molar-refractivity contribution in [1.82, 2.24) is 5.32 Å². The first-order valence-electron chi connectivity index (χ1n) is 6.98. The van der Waals surface area contributed by atoms with Gasteiger partial charge in [0.25, 0.3) is 5.69 Å². The van der Waals surface area contributed by atoms with Gasteiger partial charge in [0.1, 0.15) is 11.8 Å². The zero-order valence-electron chi connectivity index (χ0n) is 12.5. The van der Waals surface area contributed by atoms with Crippen LogP contribution in [0.25, 0.3) is 0 Å². The molecule has 0 spiro atoms. The van der Waals surface area contributed by atoms with Crippen molar-refractivity contribution in [2.24, 2.45) is 0 Å². The molecule has 0 aliphatic carbocycles. The molecule has 1 atom stereocenters. The maximum absolute atomic E-state index is 11.9. The number of furan rings is 1. The first-order chi connectivity index (χ1) is 11.5. The van der Waals surface area contributed by atoms with E-state index >= 15 is 0 Å². The minimum atomic E-state index is -1.17. The molecule has 0 bridgehead atoms. The van der Waals surface area contributed by atoms with E-state index in [4.69, 9.17) is 9.52 Å². The smallest absolute Gasteiger partial charge is 0.321 e. The van der Waals surface area contributed by atoms with Gasteiger partial charge in [0.05, 0.1) is 24.2 Å². The summed E-state index contributed by atoms with van der Waals surface area (Å²) < 4.78 is 5.08. The van der Waals surface area contributed by atoms with E-state index in [2.05, 4.69) is 10.6 Å². The first-order valence-corrected chi connectivity index (χ1v) is 6.98. The van der Waals surface area contributed by atoms with Gasteiger partial charge in [-0.3, -0.25) is 25.0 Å². The zero-order chi connectivity index (χ0) is 17.5. The molecule has 1 aromatic heterocycles. The maximum Gasteiger partial charge on any atom is 0.321 e. The number of nitro groups is 1. The number of nitrogens with one attached hydrogen (secondary N) is 2. The van der Waals surface area contributed by atoms with Crippen molar-refractivity contribution >= 4 is 23.3 Å². The number of rotatable bonds is 8. The van der Waals surface area contributed by atoms with E-state index in [0.29, 0.717) is 11.4 Å². The molecule has 1 amide bonds. The number of carboxylic acids is 1. The van der Waals surface area contributed by atoms with Crippen molar-refractivity contribution in [2.45, 2.75) is 19.0 Å². The lowest BCUT2D eigenvalue weighted by atomic mass is 10.2. The van der Waals surface area contributed by atoms with Crippen LogP contribution in [0, 0.1) is 10.1 Å². The standard InChI is InChI=1S/C15H15N3O6/c19-14(17-10-3-5-11(6-4-10)18(22)23)8-13(15(20)21)16-9-12-2-1-7-24-12/h1-7,13,16H,8-9H2,(H,17,19)(H,20,21). The molecule has 0 aliphatic heterocycles. The second kappa shape index (κ2) is 7.88. The lowest BCUT2D eigenvalue weighted by Crippen LogP contribution is -2.39. The summed E-state index contributed by atoms with van der Waals surface area (Å²) >= 11 is 0. The topological polar surface area (TPSA) is 135 Å². The Bertz CT molecular complexity index is 711. The lowest BCUT2D eigenvalue weighted by Gasteiger charge is -2.13. The summed E-state index contributed by atoms with van der Waals surface area (Å²) in [5.74, 6) is -1.14. The molecule has 24 heavy (non-hydrogen) atoms. The van der Waals surface area contributed by atoms with E-state index in [1.54, 1.807) is 12.1 Å². The van der Waals surface area contributed by atoms with Crippen molar-refractivity contribution < 1.29 is 24.0 Å². The number of aliphatic carboxylic acids is 1. The van der Waals surface area contributed by atoms with Crippen LogP contribution in [-0.4, -0.2) is 27.9 Å². The van der Waals surface area contributed by atoms with Gasteiger partial charge in [-0.15, -0.1) is 0 Å². The fourth-order valence-electron chi connectivity index (χ4n) is 1.95. The van der Waals surface area contributed by atoms with Gasteiger partial charge < -0.3 is 14.8 Å². The van der Waals surface area contributed by atoms with Gasteiger partial charge in [0.2, 0.25) is 5.91 Å².